The van der Waals surface area contributed by atoms with Gasteiger partial charge in [0.25, 0.3) is 0 Å². The summed E-state index contributed by atoms with van der Waals surface area (Å²) in [6, 6.07) is 20.2. The third kappa shape index (κ3) is 1.89. The molecule has 0 aromatic heterocycles. The van der Waals surface area contributed by atoms with Crippen molar-refractivity contribution in [3.8, 4) is 0 Å². The minimum atomic E-state index is -0.0982. The maximum absolute atomic E-state index is 13.0. The molecule has 0 fully saturated rings. The zero-order chi connectivity index (χ0) is 14.2. The van der Waals surface area contributed by atoms with E-state index in [0.717, 1.165) is 29.5 Å². The van der Waals surface area contributed by atoms with E-state index in [1.165, 1.54) is 11.1 Å². The molecular formula is C20H16O. The average molecular weight is 272 g/mol. The van der Waals surface area contributed by atoms with Crippen LogP contribution in [0, 0.1) is 0 Å². The standard InChI is InChI=1S/C20H16O/c21-20-18(14-8-3-1-4-9-14)16-12-7-13-17(16)19(20)15-10-5-2-6-11-15/h1-6,8-12,18H,7,13H2. The second kappa shape index (κ2) is 4.85. The minimum absolute atomic E-state index is 0.0982. The maximum atomic E-state index is 13.0. The third-order valence-electron chi connectivity index (χ3n) is 4.42. The number of allylic oxidation sites excluding steroid dienone is 4. The Morgan fingerprint density at radius 2 is 1.52 bits per heavy atom. The zero-order valence-electron chi connectivity index (χ0n) is 11.8. The lowest BCUT2D eigenvalue weighted by Crippen LogP contribution is -2.09. The Morgan fingerprint density at radius 3 is 2.24 bits per heavy atom. The fraction of sp³-hybridized carbons (Fsp3) is 0.150. The first-order chi connectivity index (χ1) is 10.4. The van der Waals surface area contributed by atoms with Gasteiger partial charge in [0, 0.05) is 5.57 Å². The van der Waals surface area contributed by atoms with Crippen molar-refractivity contribution in [2.45, 2.75) is 18.8 Å². The lowest BCUT2D eigenvalue weighted by Gasteiger charge is -2.11. The van der Waals surface area contributed by atoms with Crippen LogP contribution >= 0.6 is 0 Å². The molecule has 102 valence electrons. The van der Waals surface area contributed by atoms with Gasteiger partial charge in [-0.15, -0.1) is 0 Å². The van der Waals surface area contributed by atoms with Crippen LogP contribution in [0.4, 0.5) is 0 Å². The number of fused-ring (bicyclic) bond motifs is 1. The molecule has 0 saturated carbocycles. The van der Waals surface area contributed by atoms with Crippen molar-refractivity contribution in [1.82, 2.24) is 0 Å². The molecule has 0 heterocycles. The highest BCUT2D eigenvalue weighted by Crippen LogP contribution is 2.49. The van der Waals surface area contributed by atoms with Crippen molar-refractivity contribution < 1.29 is 4.79 Å². The molecule has 21 heavy (non-hydrogen) atoms. The number of carbonyl (C=O) groups excluding carboxylic acids is 1. The fourth-order valence-corrected chi connectivity index (χ4v) is 3.53. The number of carbonyl (C=O) groups is 1. The minimum Gasteiger partial charge on any atom is -0.293 e. The van der Waals surface area contributed by atoms with Gasteiger partial charge in [-0.1, -0.05) is 66.7 Å². The van der Waals surface area contributed by atoms with E-state index in [0.29, 0.717) is 0 Å². The van der Waals surface area contributed by atoms with Crippen LogP contribution in [0.2, 0.25) is 0 Å². The molecule has 2 aliphatic carbocycles. The third-order valence-corrected chi connectivity index (χ3v) is 4.42. The van der Waals surface area contributed by atoms with Crippen molar-refractivity contribution in [2.24, 2.45) is 0 Å². The largest absolute Gasteiger partial charge is 0.293 e. The highest BCUT2D eigenvalue weighted by Gasteiger charge is 2.39. The number of Topliss-reactive ketones (excluding diaryl/α,β-unsaturated/α-hetero) is 1. The van der Waals surface area contributed by atoms with Crippen molar-refractivity contribution >= 4 is 11.4 Å². The summed E-state index contributed by atoms with van der Waals surface area (Å²) in [7, 11) is 0. The van der Waals surface area contributed by atoms with Crippen molar-refractivity contribution in [2.75, 3.05) is 0 Å². The summed E-state index contributed by atoms with van der Waals surface area (Å²) in [6.07, 6.45) is 4.30. The number of ketones is 1. The summed E-state index contributed by atoms with van der Waals surface area (Å²) in [5.74, 6) is 0.159. The highest BCUT2D eigenvalue weighted by atomic mass is 16.1. The molecule has 1 atom stereocenters. The van der Waals surface area contributed by atoms with Gasteiger partial charge < -0.3 is 0 Å². The van der Waals surface area contributed by atoms with Gasteiger partial charge in [0.2, 0.25) is 0 Å². The maximum Gasteiger partial charge on any atom is 0.175 e. The summed E-state index contributed by atoms with van der Waals surface area (Å²) in [5.41, 5.74) is 5.61. The second-order valence-electron chi connectivity index (χ2n) is 5.63. The summed E-state index contributed by atoms with van der Waals surface area (Å²) in [5, 5.41) is 0. The van der Waals surface area contributed by atoms with Gasteiger partial charge in [0.05, 0.1) is 5.92 Å². The van der Waals surface area contributed by atoms with Crippen molar-refractivity contribution in [1.29, 1.82) is 0 Å². The molecule has 0 N–H and O–H groups in total. The molecule has 1 nitrogen and oxygen atoms in total. The number of hydrogen-bond donors (Lipinski definition) is 0. The van der Waals surface area contributed by atoms with Gasteiger partial charge in [-0.2, -0.15) is 0 Å². The molecule has 0 saturated heterocycles. The van der Waals surface area contributed by atoms with Gasteiger partial charge in [-0.05, 0) is 35.1 Å². The topological polar surface area (TPSA) is 17.1 Å². The van der Waals surface area contributed by atoms with Crippen LogP contribution in [0.1, 0.15) is 29.9 Å². The van der Waals surface area contributed by atoms with Crippen molar-refractivity contribution in [3.63, 3.8) is 0 Å². The van der Waals surface area contributed by atoms with E-state index in [-0.39, 0.29) is 11.7 Å². The van der Waals surface area contributed by atoms with Gasteiger partial charge in [0.1, 0.15) is 0 Å². The smallest absolute Gasteiger partial charge is 0.175 e. The lowest BCUT2D eigenvalue weighted by molar-refractivity contribution is -0.113. The van der Waals surface area contributed by atoms with E-state index < -0.39 is 0 Å². The number of benzene rings is 2. The Morgan fingerprint density at radius 1 is 0.857 bits per heavy atom. The quantitative estimate of drug-likeness (QED) is 0.785. The van der Waals surface area contributed by atoms with E-state index in [2.05, 4.69) is 18.2 Å². The molecule has 2 aromatic carbocycles. The Bertz CT molecular complexity index is 751. The summed E-state index contributed by atoms with van der Waals surface area (Å²) >= 11 is 0. The lowest BCUT2D eigenvalue weighted by atomic mass is 9.90. The fourth-order valence-electron chi connectivity index (χ4n) is 3.53. The second-order valence-corrected chi connectivity index (χ2v) is 5.63. The highest BCUT2D eigenvalue weighted by molar-refractivity contribution is 6.29. The van der Waals surface area contributed by atoms with Crippen LogP contribution in [0.15, 0.2) is 77.9 Å². The molecular weight excluding hydrogens is 256 g/mol. The predicted molar refractivity (Wildman–Crippen MR) is 84.9 cm³/mol. The molecule has 0 bridgehead atoms. The van der Waals surface area contributed by atoms with Crippen LogP contribution in [0.5, 0.6) is 0 Å². The Balaban J connectivity index is 1.85. The van der Waals surface area contributed by atoms with Gasteiger partial charge in [-0.3, -0.25) is 4.79 Å². The number of hydrogen-bond acceptors (Lipinski definition) is 1. The van der Waals surface area contributed by atoms with E-state index in [1.54, 1.807) is 0 Å². The summed E-state index contributed by atoms with van der Waals surface area (Å²) in [6.45, 7) is 0. The Labute approximate surface area is 124 Å². The van der Waals surface area contributed by atoms with E-state index >= 15 is 0 Å². The van der Waals surface area contributed by atoms with Crippen LogP contribution in [-0.4, -0.2) is 5.78 Å². The molecule has 1 heteroatoms. The van der Waals surface area contributed by atoms with Crippen LogP contribution < -0.4 is 0 Å². The van der Waals surface area contributed by atoms with E-state index in [1.807, 2.05) is 48.5 Å². The molecule has 2 aliphatic rings. The van der Waals surface area contributed by atoms with Crippen LogP contribution in [-0.2, 0) is 4.79 Å². The van der Waals surface area contributed by atoms with Gasteiger partial charge in [-0.25, -0.2) is 0 Å². The van der Waals surface area contributed by atoms with E-state index in [4.69, 9.17) is 0 Å². The first kappa shape index (κ1) is 12.3. The van der Waals surface area contributed by atoms with Gasteiger partial charge in [0.15, 0.2) is 5.78 Å². The molecule has 0 spiro atoms. The van der Waals surface area contributed by atoms with Gasteiger partial charge >= 0.3 is 0 Å². The monoisotopic (exact) mass is 272 g/mol. The van der Waals surface area contributed by atoms with E-state index in [9.17, 15) is 4.79 Å². The predicted octanol–water partition coefficient (Wildman–Crippen LogP) is 4.53. The first-order valence-electron chi connectivity index (χ1n) is 7.44. The molecule has 2 aromatic rings. The normalized spacial score (nSPS) is 20.7. The van der Waals surface area contributed by atoms with Crippen LogP contribution in [0.25, 0.3) is 5.57 Å². The first-order valence-corrected chi connectivity index (χ1v) is 7.44. The Kier molecular flexibility index (Phi) is 2.85. The summed E-state index contributed by atoms with van der Waals surface area (Å²) in [4.78, 5) is 13.0. The van der Waals surface area contributed by atoms with Crippen molar-refractivity contribution in [3.05, 3.63) is 89.0 Å². The molecule has 0 aliphatic heterocycles. The van der Waals surface area contributed by atoms with Crippen LogP contribution in [0.3, 0.4) is 0 Å². The summed E-state index contributed by atoms with van der Waals surface area (Å²) < 4.78 is 0. The number of rotatable bonds is 2. The molecule has 0 radical (unpaired) electrons. The molecule has 1 unspecified atom stereocenters. The SMILES string of the molecule is O=C1C(c2ccccc2)=C2CCC=C2C1c1ccccc1. The molecule has 0 amide bonds. The average Bonchev–Trinajstić information content (AvgIpc) is 3.08. The Hall–Kier alpha value is -2.41. The zero-order valence-corrected chi connectivity index (χ0v) is 11.8. The molecule has 4 rings (SSSR count).